The zero-order valence-electron chi connectivity index (χ0n) is 9.77. The molecular weight excluding hydrogens is 222 g/mol. The first-order chi connectivity index (χ1) is 8.15. The maximum absolute atomic E-state index is 11.0. The molecule has 0 radical (unpaired) electrons. The summed E-state index contributed by atoms with van der Waals surface area (Å²) in [6.07, 6.45) is 3.24. The molecule has 0 atom stereocenters. The minimum Gasteiger partial charge on any atom is -0.478 e. The molecule has 0 unspecified atom stereocenters. The van der Waals surface area contributed by atoms with Crippen LogP contribution in [0.1, 0.15) is 23.2 Å². The van der Waals surface area contributed by atoms with Crippen molar-refractivity contribution in [1.29, 1.82) is 0 Å². The Hall–Kier alpha value is -1.82. The van der Waals surface area contributed by atoms with E-state index in [0.717, 1.165) is 12.8 Å². The number of nitrogens with two attached hydrogens (primary N) is 1. The number of anilines is 2. The molecule has 0 saturated carbocycles. The van der Waals surface area contributed by atoms with Crippen molar-refractivity contribution in [3.8, 4) is 0 Å². The highest BCUT2D eigenvalue weighted by atomic mass is 16.5. The number of rotatable bonds is 7. The number of pyridine rings is 1. The number of nitrogens with one attached hydrogen (secondary N) is 1. The fraction of sp³-hybridized carbons (Fsp3) is 0.455. The van der Waals surface area contributed by atoms with Gasteiger partial charge in [-0.05, 0) is 18.9 Å². The Morgan fingerprint density at radius 3 is 3.00 bits per heavy atom. The zero-order valence-corrected chi connectivity index (χ0v) is 9.77. The maximum atomic E-state index is 11.0. The highest BCUT2D eigenvalue weighted by Gasteiger charge is 2.11. The van der Waals surface area contributed by atoms with Gasteiger partial charge in [0, 0.05) is 20.3 Å². The summed E-state index contributed by atoms with van der Waals surface area (Å²) in [7, 11) is 1.65. The second kappa shape index (κ2) is 6.70. The summed E-state index contributed by atoms with van der Waals surface area (Å²) < 4.78 is 4.92. The van der Waals surface area contributed by atoms with Crippen molar-refractivity contribution in [1.82, 2.24) is 4.98 Å². The topological polar surface area (TPSA) is 97.5 Å². The Morgan fingerprint density at radius 1 is 1.59 bits per heavy atom. The van der Waals surface area contributed by atoms with Crippen molar-refractivity contribution < 1.29 is 14.6 Å². The van der Waals surface area contributed by atoms with E-state index in [4.69, 9.17) is 15.6 Å². The van der Waals surface area contributed by atoms with Crippen LogP contribution in [-0.2, 0) is 4.74 Å². The van der Waals surface area contributed by atoms with Crippen molar-refractivity contribution >= 4 is 17.5 Å². The summed E-state index contributed by atoms with van der Waals surface area (Å²) in [5, 5.41) is 12.0. The lowest BCUT2D eigenvalue weighted by Gasteiger charge is -2.08. The van der Waals surface area contributed by atoms with E-state index in [0.29, 0.717) is 24.7 Å². The number of nitrogens with zero attached hydrogens (tertiary/aromatic N) is 1. The fourth-order valence-corrected chi connectivity index (χ4v) is 1.36. The van der Waals surface area contributed by atoms with Gasteiger partial charge in [0.25, 0.3) is 0 Å². The van der Waals surface area contributed by atoms with Crippen LogP contribution in [0, 0.1) is 0 Å². The number of aromatic carboxylic acids is 1. The minimum atomic E-state index is -1.04. The van der Waals surface area contributed by atoms with Gasteiger partial charge in [0.15, 0.2) is 0 Å². The number of hydrogen-bond acceptors (Lipinski definition) is 5. The van der Waals surface area contributed by atoms with Gasteiger partial charge in [-0.1, -0.05) is 0 Å². The molecule has 1 aromatic rings. The van der Waals surface area contributed by atoms with Gasteiger partial charge in [-0.3, -0.25) is 0 Å². The van der Waals surface area contributed by atoms with Crippen molar-refractivity contribution in [2.75, 3.05) is 31.3 Å². The molecular formula is C11H17N3O3. The molecule has 94 valence electrons. The average molecular weight is 239 g/mol. The van der Waals surface area contributed by atoms with Crippen LogP contribution in [-0.4, -0.2) is 36.3 Å². The van der Waals surface area contributed by atoms with Gasteiger partial charge in [-0.2, -0.15) is 0 Å². The molecule has 4 N–H and O–H groups in total. The van der Waals surface area contributed by atoms with Crippen LogP contribution in [0.15, 0.2) is 12.3 Å². The van der Waals surface area contributed by atoms with Crippen LogP contribution in [0.5, 0.6) is 0 Å². The number of carboxylic acids is 1. The third kappa shape index (κ3) is 4.28. The molecule has 0 spiro atoms. The predicted molar refractivity (Wildman–Crippen MR) is 65.2 cm³/mol. The van der Waals surface area contributed by atoms with Gasteiger partial charge in [0.05, 0.1) is 11.9 Å². The highest BCUT2D eigenvalue weighted by Crippen LogP contribution is 2.15. The van der Waals surface area contributed by atoms with E-state index in [9.17, 15) is 4.79 Å². The first-order valence-electron chi connectivity index (χ1n) is 5.36. The first-order valence-corrected chi connectivity index (χ1v) is 5.36. The molecule has 1 heterocycles. The smallest absolute Gasteiger partial charge is 0.339 e. The standard InChI is InChI=1S/C11H17N3O3/c1-17-5-3-2-4-13-10-9(11(15)16)6-8(12)7-14-10/h6-7H,2-5,12H2,1H3,(H,13,14)(H,15,16). The molecule has 6 nitrogen and oxygen atoms in total. The molecule has 0 aliphatic heterocycles. The van der Waals surface area contributed by atoms with Crippen LogP contribution < -0.4 is 11.1 Å². The fourth-order valence-electron chi connectivity index (χ4n) is 1.36. The minimum absolute atomic E-state index is 0.0942. The first kappa shape index (κ1) is 13.2. The van der Waals surface area contributed by atoms with Crippen LogP contribution in [0.3, 0.4) is 0 Å². The summed E-state index contributed by atoms with van der Waals surface area (Å²) in [6, 6.07) is 1.40. The number of methoxy groups -OCH3 is 1. The molecule has 6 heteroatoms. The number of unbranched alkanes of at least 4 members (excludes halogenated alkanes) is 1. The molecule has 0 aromatic carbocycles. The largest absolute Gasteiger partial charge is 0.478 e. The number of ether oxygens (including phenoxy) is 1. The molecule has 17 heavy (non-hydrogen) atoms. The van der Waals surface area contributed by atoms with E-state index in [1.165, 1.54) is 12.3 Å². The molecule has 0 saturated heterocycles. The lowest BCUT2D eigenvalue weighted by atomic mass is 10.2. The number of hydrogen-bond donors (Lipinski definition) is 3. The van der Waals surface area contributed by atoms with Gasteiger partial charge >= 0.3 is 5.97 Å². The van der Waals surface area contributed by atoms with Crippen LogP contribution in [0.2, 0.25) is 0 Å². The van der Waals surface area contributed by atoms with E-state index in [2.05, 4.69) is 10.3 Å². The van der Waals surface area contributed by atoms with Crippen molar-refractivity contribution in [2.45, 2.75) is 12.8 Å². The molecule has 0 bridgehead atoms. The summed E-state index contributed by atoms with van der Waals surface area (Å²) in [5.74, 6) is -0.687. The number of carbonyl (C=O) groups is 1. The molecule has 0 aliphatic carbocycles. The molecule has 0 aliphatic rings. The molecule has 1 aromatic heterocycles. The van der Waals surface area contributed by atoms with Crippen LogP contribution in [0.4, 0.5) is 11.5 Å². The average Bonchev–Trinajstić information content (AvgIpc) is 2.30. The van der Waals surface area contributed by atoms with E-state index in [1.807, 2.05) is 0 Å². The quantitative estimate of drug-likeness (QED) is 0.618. The Kier molecular flexibility index (Phi) is 5.22. The van der Waals surface area contributed by atoms with Crippen molar-refractivity contribution in [3.05, 3.63) is 17.8 Å². The van der Waals surface area contributed by atoms with Crippen molar-refractivity contribution in [2.24, 2.45) is 0 Å². The summed E-state index contributed by atoms with van der Waals surface area (Å²) in [5.41, 5.74) is 5.92. The number of aromatic nitrogens is 1. The normalized spacial score (nSPS) is 10.2. The maximum Gasteiger partial charge on any atom is 0.339 e. The van der Waals surface area contributed by atoms with Gasteiger partial charge in [0.1, 0.15) is 11.4 Å². The summed E-state index contributed by atoms with van der Waals surface area (Å²) in [4.78, 5) is 14.9. The third-order valence-corrected chi connectivity index (χ3v) is 2.21. The highest BCUT2D eigenvalue weighted by molar-refractivity contribution is 5.94. The van der Waals surface area contributed by atoms with Gasteiger partial charge in [-0.25, -0.2) is 9.78 Å². The van der Waals surface area contributed by atoms with E-state index >= 15 is 0 Å². The lowest BCUT2D eigenvalue weighted by Crippen LogP contribution is -2.10. The van der Waals surface area contributed by atoms with Crippen LogP contribution in [0.25, 0.3) is 0 Å². The van der Waals surface area contributed by atoms with Crippen LogP contribution >= 0.6 is 0 Å². The molecule has 0 fully saturated rings. The second-order valence-corrected chi connectivity index (χ2v) is 3.60. The monoisotopic (exact) mass is 239 g/mol. The van der Waals surface area contributed by atoms with E-state index < -0.39 is 5.97 Å². The Balaban J connectivity index is 2.55. The van der Waals surface area contributed by atoms with E-state index in [1.54, 1.807) is 7.11 Å². The zero-order chi connectivity index (χ0) is 12.7. The summed E-state index contributed by atoms with van der Waals surface area (Å²) in [6.45, 7) is 1.35. The van der Waals surface area contributed by atoms with Crippen molar-refractivity contribution in [3.63, 3.8) is 0 Å². The summed E-state index contributed by atoms with van der Waals surface area (Å²) >= 11 is 0. The third-order valence-electron chi connectivity index (χ3n) is 2.21. The Labute approximate surface area is 99.8 Å². The molecule has 1 rings (SSSR count). The van der Waals surface area contributed by atoms with Gasteiger partial charge in [-0.15, -0.1) is 0 Å². The Morgan fingerprint density at radius 2 is 2.35 bits per heavy atom. The lowest BCUT2D eigenvalue weighted by molar-refractivity contribution is 0.0697. The molecule has 0 amide bonds. The second-order valence-electron chi connectivity index (χ2n) is 3.60. The van der Waals surface area contributed by atoms with Gasteiger partial charge in [0.2, 0.25) is 0 Å². The SMILES string of the molecule is COCCCCNc1ncc(N)cc1C(=O)O. The van der Waals surface area contributed by atoms with E-state index in [-0.39, 0.29) is 5.56 Å². The Bertz CT molecular complexity index is 382. The number of nitrogen functional groups attached to an aromatic ring is 1. The predicted octanol–water partition coefficient (Wildman–Crippen LogP) is 1.20. The van der Waals surface area contributed by atoms with Gasteiger partial charge < -0.3 is 20.9 Å². The number of carboxylic acid groups (broad SMARTS) is 1.